The van der Waals surface area contributed by atoms with E-state index >= 15 is 0 Å². The molecule has 12 heteroatoms. The Morgan fingerprint density at radius 3 is 2.49 bits per heavy atom. The number of anilines is 1. The van der Waals surface area contributed by atoms with Gasteiger partial charge < -0.3 is 9.47 Å². The molecule has 1 fully saturated rings. The van der Waals surface area contributed by atoms with E-state index in [0.717, 1.165) is 22.6 Å². The summed E-state index contributed by atoms with van der Waals surface area (Å²) in [7, 11) is 1.44. The number of nitro groups is 1. The third kappa shape index (κ3) is 5.63. The first kappa shape index (κ1) is 25.9. The van der Waals surface area contributed by atoms with Crippen molar-refractivity contribution in [1.29, 1.82) is 0 Å². The first-order chi connectivity index (χ1) is 17.7. The second-order valence-electron chi connectivity index (χ2n) is 7.68. The van der Waals surface area contributed by atoms with Crippen LogP contribution in [0.25, 0.3) is 6.08 Å². The Kier molecular flexibility index (Phi) is 7.55. The molecule has 1 aliphatic rings. The number of nitrogens with one attached hydrogen (secondary N) is 1. The lowest BCUT2D eigenvalue weighted by Crippen LogP contribution is -2.54. The van der Waals surface area contributed by atoms with Gasteiger partial charge in [0.1, 0.15) is 12.2 Å². The van der Waals surface area contributed by atoms with Gasteiger partial charge >= 0.3 is 6.03 Å². The molecule has 1 aliphatic heterocycles. The number of halogens is 2. The molecule has 0 atom stereocenters. The molecule has 1 saturated heterocycles. The van der Waals surface area contributed by atoms with Crippen LogP contribution in [0.3, 0.4) is 0 Å². The predicted octanol–water partition coefficient (Wildman–Crippen LogP) is 5.26. The minimum atomic E-state index is -0.968. The number of nitrogens with zero attached hydrogens (tertiary/aromatic N) is 2. The van der Waals surface area contributed by atoms with Crippen LogP contribution in [0.5, 0.6) is 11.5 Å². The Hall–Kier alpha value is -4.22. The highest BCUT2D eigenvalue weighted by Gasteiger charge is 2.37. The maximum absolute atomic E-state index is 13.1. The van der Waals surface area contributed by atoms with Crippen molar-refractivity contribution in [3.63, 3.8) is 0 Å². The second-order valence-corrected chi connectivity index (χ2v) is 8.97. The fourth-order valence-corrected chi connectivity index (χ4v) is 4.31. The van der Waals surface area contributed by atoms with Crippen molar-refractivity contribution < 1.29 is 28.8 Å². The summed E-state index contributed by atoms with van der Waals surface area (Å²) in [4.78, 5) is 49.1. The molecule has 37 heavy (non-hydrogen) atoms. The Morgan fingerprint density at radius 2 is 1.84 bits per heavy atom. The van der Waals surface area contributed by atoms with Gasteiger partial charge in [-0.3, -0.25) is 25.0 Å². The summed E-state index contributed by atoms with van der Waals surface area (Å²) >= 11 is 9.46. The standard InChI is InChI=1S/C25H17BrClN3O7/c1-36-21-12-15(11-20(26)22(21)37-13-14-3-2-4-16(27)9-14)10-19-23(31)28-25(33)29(24(19)32)17-5-7-18(8-6-17)30(34)35/h2-12H,13H2,1H3,(H,28,31,33)/b19-10+. The number of amides is 4. The van der Waals surface area contributed by atoms with Gasteiger partial charge in [0.25, 0.3) is 17.5 Å². The number of benzene rings is 3. The van der Waals surface area contributed by atoms with Crippen LogP contribution in [-0.2, 0) is 16.2 Å². The number of hydrogen-bond donors (Lipinski definition) is 1. The van der Waals surface area contributed by atoms with E-state index in [9.17, 15) is 24.5 Å². The van der Waals surface area contributed by atoms with Crippen LogP contribution in [0.2, 0.25) is 5.02 Å². The largest absolute Gasteiger partial charge is 0.493 e. The number of nitro benzene ring substituents is 1. The van der Waals surface area contributed by atoms with Gasteiger partial charge in [0.15, 0.2) is 11.5 Å². The van der Waals surface area contributed by atoms with Crippen molar-refractivity contribution in [3.8, 4) is 11.5 Å². The van der Waals surface area contributed by atoms with Gasteiger partial charge in [-0.15, -0.1) is 0 Å². The second kappa shape index (κ2) is 10.8. The summed E-state index contributed by atoms with van der Waals surface area (Å²) in [5, 5.41) is 13.6. The van der Waals surface area contributed by atoms with Crippen molar-refractivity contribution >= 4 is 62.8 Å². The summed E-state index contributed by atoms with van der Waals surface area (Å²) in [5.41, 5.74) is 0.785. The molecule has 3 aromatic rings. The highest BCUT2D eigenvalue weighted by atomic mass is 79.9. The quantitative estimate of drug-likeness (QED) is 0.173. The number of barbiturate groups is 1. The molecular weight excluding hydrogens is 570 g/mol. The highest BCUT2D eigenvalue weighted by molar-refractivity contribution is 9.10. The van der Waals surface area contributed by atoms with Gasteiger partial charge in [-0.25, -0.2) is 9.69 Å². The van der Waals surface area contributed by atoms with E-state index in [4.69, 9.17) is 21.1 Å². The Bertz CT molecular complexity index is 1460. The Morgan fingerprint density at radius 1 is 1.11 bits per heavy atom. The number of hydrogen-bond acceptors (Lipinski definition) is 7. The molecule has 0 saturated carbocycles. The summed E-state index contributed by atoms with van der Waals surface area (Å²) in [5.74, 6) is -1.05. The zero-order valence-corrected chi connectivity index (χ0v) is 21.4. The number of non-ortho nitro benzene ring substituents is 1. The van der Waals surface area contributed by atoms with Crippen molar-refractivity contribution in [2.24, 2.45) is 0 Å². The summed E-state index contributed by atoms with van der Waals surface area (Å²) in [6.45, 7) is 0.211. The monoisotopic (exact) mass is 585 g/mol. The van der Waals surface area contributed by atoms with Crippen LogP contribution in [-0.4, -0.2) is 29.9 Å². The Labute approximate surface area is 223 Å². The summed E-state index contributed by atoms with van der Waals surface area (Å²) < 4.78 is 11.8. The SMILES string of the molecule is COc1cc(/C=C2\C(=O)NC(=O)N(c3ccc([N+](=O)[O-])cc3)C2=O)cc(Br)c1OCc1cccc(Cl)c1. The minimum absolute atomic E-state index is 0.0648. The zero-order chi connectivity index (χ0) is 26.7. The normalized spacial score (nSPS) is 14.5. The van der Waals surface area contributed by atoms with Gasteiger partial charge in [0.2, 0.25) is 0 Å². The third-order valence-corrected chi connectivity index (χ3v) is 6.08. The number of carbonyl (C=O) groups is 3. The number of imide groups is 2. The van der Waals surface area contributed by atoms with E-state index in [1.54, 1.807) is 30.3 Å². The van der Waals surface area contributed by atoms with E-state index in [0.29, 0.717) is 26.6 Å². The smallest absolute Gasteiger partial charge is 0.335 e. The van der Waals surface area contributed by atoms with Crippen LogP contribution in [0, 0.1) is 10.1 Å². The van der Waals surface area contributed by atoms with Crippen LogP contribution >= 0.6 is 27.5 Å². The lowest BCUT2D eigenvalue weighted by molar-refractivity contribution is -0.384. The molecule has 0 spiro atoms. The van der Waals surface area contributed by atoms with Crippen LogP contribution in [0.4, 0.5) is 16.2 Å². The van der Waals surface area contributed by atoms with Crippen molar-refractivity contribution in [2.45, 2.75) is 6.61 Å². The van der Waals surface area contributed by atoms with Gasteiger partial charge in [-0.1, -0.05) is 23.7 Å². The lowest BCUT2D eigenvalue weighted by Gasteiger charge is -2.26. The van der Waals surface area contributed by atoms with Crippen molar-refractivity contribution in [3.05, 3.63) is 97.0 Å². The number of carbonyl (C=O) groups excluding carboxylic acids is 3. The molecule has 1 heterocycles. The maximum Gasteiger partial charge on any atom is 0.335 e. The number of urea groups is 1. The summed E-state index contributed by atoms with van der Waals surface area (Å²) in [6.07, 6.45) is 1.30. The van der Waals surface area contributed by atoms with Gasteiger partial charge in [-0.05, 0) is 69.5 Å². The van der Waals surface area contributed by atoms with Crippen molar-refractivity contribution in [2.75, 3.05) is 12.0 Å². The van der Waals surface area contributed by atoms with Crippen LogP contribution in [0.1, 0.15) is 11.1 Å². The van der Waals surface area contributed by atoms with Crippen LogP contribution < -0.4 is 19.7 Å². The third-order valence-electron chi connectivity index (χ3n) is 5.26. The molecule has 4 rings (SSSR count). The topological polar surface area (TPSA) is 128 Å². The number of methoxy groups -OCH3 is 1. The van der Waals surface area contributed by atoms with Gasteiger partial charge in [0.05, 0.1) is 22.2 Å². The highest BCUT2D eigenvalue weighted by Crippen LogP contribution is 2.38. The molecule has 188 valence electrons. The molecule has 10 nitrogen and oxygen atoms in total. The van der Waals surface area contributed by atoms with Gasteiger partial charge in [0, 0.05) is 17.2 Å². The van der Waals surface area contributed by atoms with Gasteiger partial charge in [-0.2, -0.15) is 0 Å². The average Bonchev–Trinajstić information content (AvgIpc) is 2.86. The fraction of sp³-hybridized carbons (Fsp3) is 0.0800. The molecule has 3 aromatic carbocycles. The predicted molar refractivity (Wildman–Crippen MR) is 139 cm³/mol. The molecule has 1 N–H and O–H groups in total. The Balaban J connectivity index is 1.63. The van der Waals surface area contributed by atoms with E-state index in [1.807, 2.05) is 6.07 Å². The molecule has 0 bridgehead atoms. The minimum Gasteiger partial charge on any atom is -0.493 e. The summed E-state index contributed by atoms with van der Waals surface area (Å²) in [6, 6.07) is 14.2. The number of rotatable bonds is 7. The van der Waals surface area contributed by atoms with E-state index in [1.165, 1.54) is 25.3 Å². The van der Waals surface area contributed by atoms with E-state index < -0.39 is 22.8 Å². The van der Waals surface area contributed by atoms with E-state index in [-0.39, 0.29) is 23.6 Å². The molecule has 0 aliphatic carbocycles. The first-order valence-electron chi connectivity index (χ1n) is 10.6. The molecule has 4 amide bonds. The average molecular weight is 587 g/mol. The first-order valence-corrected chi connectivity index (χ1v) is 11.8. The maximum atomic E-state index is 13.1. The molecule has 0 radical (unpaired) electrons. The fourth-order valence-electron chi connectivity index (χ4n) is 3.53. The zero-order valence-electron chi connectivity index (χ0n) is 19.1. The lowest BCUT2D eigenvalue weighted by atomic mass is 10.1. The molecule has 0 unspecified atom stereocenters. The molecule has 0 aromatic heterocycles. The molecular formula is C25H17BrClN3O7. The number of ether oxygens (including phenoxy) is 2. The van der Waals surface area contributed by atoms with Crippen molar-refractivity contribution in [1.82, 2.24) is 5.32 Å². The van der Waals surface area contributed by atoms with Crippen LogP contribution in [0.15, 0.2) is 70.7 Å². The van der Waals surface area contributed by atoms with E-state index in [2.05, 4.69) is 21.2 Å².